The molecule has 5 nitrogen and oxygen atoms in total. The fourth-order valence-electron chi connectivity index (χ4n) is 1.92. The Hall–Kier alpha value is -1.56. The quantitative estimate of drug-likeness (QED) is 0.741. The van der Waals surface area contributed by atoms with Crippen LogP contribution in [0.1, 0.15) is 24.6 Å². The number of nitriles is 1. The van der Waals surface area contributed by atoms with Gasteiger partial charge in [0.15, 0.2) is 0 Å². The van der Waals surface area contributed by atoms with Gasteiger partial charge >= 0.3 is 0 Å². The molecular formula is C12H9N3O2S3. The van der Waals surface area contributed by atoms with E-state index in [-0.39, 0.29) is 11.1 Å². The molecule has 0 fully saturated rings. The maximum atomic E-state index is 12.3. The summed E-state index contributed by atoms with van der Waals surface area (Å²) in [5.74, 6) is 0. The van der Waals surface area contributed by atoms with E-state index in [0.717, 1.165) is 24.4 Å². The molecule has 0 saturated carbocycles. The van der Waals surface area contributed by atoms with Gasteiger partial charge in [-0.05, 0) is 18.0 Å². The summed E-state index contributed by atoms with van der Waals surface area (Å²) in [6.07, 6.45) is 1.73. The summed E-state index contributed by atoms with van der Waals surface area (Å²) in [4.78, 5) is 25.7. The summed E-state index contributed by atoms with van der Waals surface area (Å²) in [6.45, 7) is 2.47. The van der Waals surface area contributed by atoms with Crippen molar-refractivity contribution in [2.45, 2.75) is 26.3 Å². The van der Waals surface area contributed by atoms with Crippen molar-refractivity contribution in [3.05, 3.63) is 34.6 Å². The van der Waals surface area contributed by atoms with Gasteiger partial charge in [0.1, 0.15) is 24.8 Å². The molecule has 2 aliphatic rings. The lowest BCUT2D eigenvalue weighted by Crippen LogP contribution is -2.26. The summed E-state index contributed by atoms with van der Waals surface area (Å²) in [5, 5.41) is 9.03. The molecule has 102 valence electrons. The molecule has 3 heterocycles. The highest BCUT2D eigenvalue weighted by Crippen LogP contribution is 2.28. The molecule has 20 heavy (non-hydrogen) atoms. The average Bonchev–Trinajstić information content (AvgIpc) is 2.96. The van der Waals surface area contributed by atoms with Crippen molar-refractivity contribution in [2.24, 2.45) is 0 Å². The molecule has 2 aliphatic heterocycles. The summed E-state index contributed by atoms with van der Waals surface area (Å²) in [7, 11) is 0. The first-order chi connectivity index (χ1) is 9.67. The van der Waals surface area contributed by atoms with Crippen LogP contribution in [-0.4, -0.2) is 8.94 Å². The number of rotatable bonds is 3. The SMILES string of the molecule is CCCCn1c(=O)c2sc3nsc(C#N)c3sc=2c1=O. The van der Waals surface area contributed by atoms with Gasteiger partial charge in [0, 0.05) is 6.54 Å². The molecule has 0 saturated heterocycles. The fourth-order valence-corrected chi connectivity index (χ4v) is 5.15. The molecule has 0 aromatic carbocycles. The van der Waals surface area contributed by atoms with Crippen molar-refractivity contribution in [2.75, 3.05) is 0 Å². The van der Waals surface area contributed by atoms with Crippen LogP contribution in [0.3, 0.4) is 0 Å². The first-order valence-electron chi connectivity index (χ1n) is 6.03. The van der Waals surface area contributed by atoms with Crippen LogP contribution in [0, 0.1) is 20.4 Å². The number of fused-ring (bicyclic) bond motifs is 1. The maximum absolute atomic E-state index is 12.3. The molecule has 0 radical (unpaired) electrons. The molecule has 1 aromatic rings. The summed E-state index contributed by atoms with van der Waals surface area (Å²) in [5.41, 5.74) is -0.468. The Balaban J connectivity index is 2.38. The van der Waals surface area contributed by atoms with E-state index in [1.807, 2.05) is 6.92 Å². The summed E-state index contributed by atoms with van der Waals surface area (Å²) in [6, 6.07) is 2.08. The van der Waals surface area contributed by atoms with Gasteiger partial charge < -0.3 is 0 Å². The van der Waals surface area contributed by atoms with E-state index in [4.69, 9.17) is 5.26 Å². The van der Waals surface area contributed by atoms with E-state index in [2.05, 4.69) is 10.4 Å². The molecule has 0 amide bonds. The van der Waals surface area contributed by atoms with Crippen LogP contribution in [0.4, 0.5) is 0 Å². The van der Waals surface area contributed by atoms with Crippen LogP contribution in [-0.2, 0) is 6.54 Å². The number of hydrogen-bond donors (Lipinski definition) is 0. The van der Waals surface area contributed by atoms with Gasteiger partial charge in [-0.1, -0.05) is 13.3 Å². The highest BCUT2D eigenvalue weighted by Gasteiger charge is 2.15. The van der Waals surface area contributed by atoms with E-state index in [9.17, 15) is 9.59 Å². The van der Waals surface area contributed by atoms with Gasteiger partial charge in [-0.2, -0.15) is 9.64 Å². The standard InChI is InChI=1S/C12H9N3O2S3/c1-2-3-4-15-11(16)8-9(12(15)17)19-10-7(18-8)6(5-13)20-14-10/h2-4H2,1H3. The average molecular weight is 323 g/mol. The Labute approximate surface area is 125 Å². The highest BCUT2D eigenvalue weighted by molar-refractivity contribution is 7.29. The van der Waals surface area contributed by atoms with Crippen LogP contribution < -0.4 is 11.1 Å². The third-order valence-electron chi connectivity index (χ3n) is 2.95. The van der Waals surface area contributed by atoms with Crippen LogP contribution in [0.2, 0.25) is 0 Å². The lowest BCUT2D eigenvalue weighted by molar-refractivity contribution is 0.605. The molecular weight excluding hydrogens is 314 g/mol. The molecule has 0 aliphatic carbocycles. The zero-order valence-corrected chi connectivity index (χ0v) is 13.0. The van der Waals surface area contributed by atoms with Crippen molar-refractivity contribution in [1.29, 1.82) is 5.26 Å². The van der Waals surface area contributed by atoms with Gasteiger partial charge in [0.25, 0.3) is 11.1 Å². The second-order valence-corrected chi connectivity index (χ2v) is 7.03. The van der Waals surface area contributed by atoms with Crippen LogP contribution in [0.25, 0.3) is 9.53 Å². The Morgan fingerprint density at radius 3 is 2.60 bits per heavy atom. The van der Waals surface area contributed by atoms with Crippen LogP contribution in [0.15, 0.2) is 9.59 Å². The second kappa shape index (κ2) is 5.09. The molecule has 0 unspecified atom stereocenters. The van der Waals surface area contributed by atoms with Crippen molar-refractivity contribution in [1.82, 2.24) is 8.94 Å². The van der Waals surface area contributed by atoms with Crippen LogP contribution >= 0.6 is 34.2 Å². The predicted molar refractivity (Wildman–Crippen MR) is 80.8 cm³/mol. The summed E-state index contributed by atoms with van der Waals surface area (Å²) < 4.78 is 7.09. The normalized spacial score (nSPS) is 11.2. The number of aromatic nitrogens is 2. The van der Waals surface area contributed by atoms with Crippen LogP contribution in [0.5, 0.6) is 0 Å². The van der Waals surface area contributed by atoms with E-state index in [1.54, 1.807) is 0 Å². The zero-order chi connectivity index (χ0) is 14.3. The van der Waals surface area contributed by atoms with Crippen molar-refractivity contribution in [3.8, 4) is 6.07 Å². The van der Waals surface area contributed by atoms with E-state index < -0.39 is 0 Å². The predicted octanol–water partition coefficient (Wildman–Crippen LogP) is 2.34. The van der Waals surface area contributed by atoms with Gasteiger partial charge in [0.05, 0.1) is 4.70 Å². The minimum absolute atomic E-state index is 0.229. The number of unbranched alkanes of at least 4 members (excludes halogenated alkanes) is 1. The molecule has 0 bridgehead atoms. The maximum Gasteiger partial charge on any atom is 0.272 e. The molecule has 1 aromatic heterocycles. The smallest absolute Gasteiger partial charge is 0.272 e. The van der Waals surface area contributed by atoms with Crippen molar-refractivity contribution >= 4 is 43.7 Å². The zero-order valence-electron chi connectivity index (χ0n) is 10.5. The Morgan fingerprint density at radius 2 is 1.95 bits per heavy atom. The van der Waals surface area contributed by atoms with Gasteiger partial charge in [-0.25, -0.2) is 0 Å². The van der Waals surface area contributed by atoms with Gasteiger partial charge in [-0.3, -0.25) is 14.2 Å². The minimum atomic E-state index is -0.239. The third kappa shape index (κ3) is 1.90. The molecule has 8 heteroatoms. The number of hydrogen-bond acceptors (Lipinski definition) is 7. The Kier molecular flexibility index (Phi) is 3.41. The molecule has 0 spiro atoms. The first kappa shape index (κ1) is 13.4. The second-order valence-electron chi connectivity index (χ2n) is 4.24. The Morgan fingerprint density at radius 1 is 1.25 bits per heavy atom. The topological polar surface area (TPSA) is 75.8 Å². The van der Waals surface area contributed by atoms with E-state index in [1.165, 1.54) is 27.2 Å². The number of nitrogens with zero attached hydrogens (tertiary/aromatic N) is 3. The lowest BCUT2D eigenvalue weighted by atomic mass is 10.3. The third-order valence-corrected chi connectivity index (χ3v) is 6.46. The van der Waals surface area contributed by atoms with E-state index in [0.29, 0.717) is 30.0 Å². The van der Waals surface area contributed by atoms with Gasteiger partial charge in [-0.15, -0.1) is 22.7 Å². The van der Waals surface area contributed by atoms with Gasteiger partial charge in [0.2, 0.25) is 0 Å². The largest absolute Gasteiger partial charge is 0.273 e. The van der Waals surface area contributed by atoms with Crippen molar-refractivity contribution < 1.29 is 0 Å². The fraction of sp³-hybridized carbons (Fsp3) is 0.333. The minimum Gasteiger partial charge on any atom is -0.273 e. The molecule has 0 N–H and O–H groups in total. The lowest BCUT2D eigenvalue weighted by Gasteiger charge is -1.95. The summed E-state index contributed by atoms with van der Waals surface area (Å²) >= 11 is 3.52. The highest BCUT2D eigenvalue weighted by atomic mass is 32.1. The first-order valence-corrected chi connectivity index (χ1v) is 8.44. The van der Waals surface area contributed by atoms with Crippen molar-refractivity contribution in [3.63, 3.8) is 0 Å². The van der Waals surface area contributed by atoms with E-state index >= 15 is 0 Å². The molecule has 3 rings (SSSR count). The monoisotopic (exact) mass is 323 g/mol. The Bertz CT molecular complexity index is 1000. The molecule has 0 atom stereocenters.